The average molecular weight is 404 g/mol. The number of aromatic amines is 1. The van der Waals surface area contributed by atoms with E-state index in [-0.39, 0.29) is 10.8 Å². The third-order valence-corrected chi connectivity index (χ3v) is 7.59. The Labute approximate surface area is 167 Å². The summed E-state index contributed by atoms with van der Waals surface area (Å²) in [6, 6.07) is 5.81. The van der Waals surface area contributed by atoms with E-state index in [0.29, 0.717) is 41.6 Å². The standard InChI is InChI=1S/C21H29N3O3S/c1-13-6-8-24(9-7-13)28(26,27)20-16(4)19(22-17(20)5)21(25)23-18-11-14(2)10-15(3)12-18/h10-13,22H,6-9H2,1-5H3,(H,23,25). The summed E-state index contributed by atoms with van der Waals surface area (Å²) in [6.07, 6.45) is 1.73. The minimum absolute atomic E-state index is 0.229. The first-order valence-corrected chi connectivity index (χ1v) is 11.1. The van der Waals surface area contributed by atoms with Crippen molar-refractivity contribution in [2.24, 2.45) is 5.92 Å². The minimum Gasteiger partial charge on any atom is -0.353 e. The van der Waals surface area contributed by atoms with E-state index in [1.807, 2.05) is 32.0 Å². The van der Waals surface area contributed by atoms with Crippen molar-refractivity contribution in [2.45, 2.75) is 52.4 Å². The van der Waals surface area contributed by atoms with Crippen molar-refractivity contribution in [3.8, 4) is 0 Å². The van der Waals surface area contributed by atoms with Crippen molar-refractivity contribution in [1.82, 2.24) is 9.29 Å². The normalized spacial score (nSPS) is 16.3. The van der Waals surface area contributed by atoms with Gasteiger partial charge < -0.3 is 10.3 Å². The highest BCUT2D eigenvalue weighted by Gasteiger charge is 2.33. The number of aryl methyl sites for hydroxylation is 3. The molecule has 1 amide bonds. The van der Waals surface area contributed by atoms with Crippen molar-refractivity contribution in [3.63, 3.8) is 0 Å². The molecule has 1 aliphatic heterocycles. The molecule has 3 rings (SSSR count). The molecule has 0 aliphatic carbocycles. The van der Waals surface area contributed by atoms with E-state index in [1.54, 1.807) is 18.2 Å². The summed E-state index contributed by atoms with van der Waals surface area (Å²) in [4.78, 5) is 16.0. The third kappa shape index (κ3) is 4.00. The first-order chi connectivity index (χ1) is 13.1. The zero-order valence-electron chi connectivity index (χ0n) is 17.2. The van der Waals surface area contributed by atoms with E-state index < -0.39 is 10.0 Å². The van der Waals surface area contributed by atoms with E-state index in [0.717, 1.165) is 24.0 Å². The molecule has 0 bridgehead atoms. The molecule has 0 saturated carbocycles. The second-order valence-electron chi connectivity index (χ2n) is 8.00. The van der Waals surface area contributed by atoms with Gasteiger partial charge in [-0.25, -0.2) is 8.42 Å². The van der Waals surface area contributed by atoms with Crippen LogP contribution in [-0.2, 0) is 10.0 Å². The maximum Gasteiger partial charge on any atom is 0.272 e. The second-order valence-corrected chi connectivity index (χ2v) is 9.87. The summed E-state index contributed by atoms with van der Waals surface area (Å²) >= 11 is 0. The number of H-pyrrole nitrogens is 1. The van der Waals surface area contributed by atoms with E-state index >= 15 is 0 Å². The summed E-state index contributed by atoms with van der Waals surface area (Å²) in [5, 5.41) is 2.88. The van der Waals surface area contributed by atoms with Crippen LogP contribution in [0.4, 0.5) is 5.69 Å². The van der Waals surface area contributed by atoms with Gasteiger partial charge in [0.05, 0.1) is 0 Å². The number of rotatable bonds is 4. The Bertz CT molecular complexity index is 980. The number of aromatic nitrogens is 1. The number of piperidine rings is 1. The highest BCUT2D eigenvalue weighted by atomic mass is 32.2. The van der Waals surface area contributed by atoms with Crippen LogP contribution in [0.25, 0.3) is 0 Å². The summed E-state index contributed by atoms with van der Waals surface area (Å²) in [5.41, 5.74) is 4.07. The lowest BCUT2D eigenvalue weighted by atomic mass is 10.0. The van der Waals surface area contributed by atoms with Crippen molar-refractivity contribution >= 4 is 21.6 Å². The number of sulfonamides is 1. The lowest BCUT2D eigenvalue weighted by Gasteiger charge is -2.29. The van der Waals surface area contributed by atoms with Crippen LogP contribution in [0.3, 0.4) is 0 Å². The molecule has 2 heterocycles. The van der Waals surface area contributed by atoms with Gasteiger partial charge in [-0.1, -0.05) is 13.0 Å². The van der Waals surface area contributed by atoms with Gasteiger partial charge in [0.15, 0.2) is 0 Å². The minimum atomic E-state index is -3.62. The Morgan fingerprint density at radius 3 is 2.21 bits per heavy atom. The van der Waals surface area contributed by atoms with Crippen LogP contribution >= 0.6 is 0 Å². The number of nitrogens with one attached hydrogen (secondary N) is 2. The van der Waals surface area contributed by atoms with Gasteiger partial charge in [0.1, 0.15) is 10.6 Å². The fourth-order valence-electron chi connectivity index (χ4n) is 3.94. The second kappa shape index (κ2) is 7.72. The maximum atomic E-state index is 13.2. The van der Waals surface area contributed by atoms with Gasteiger partial charge in [-0.15, -0.1) is 0 Å². The van der Waals surface area contributed by atoms with E-state index in [4.69, 9.17) is 0 Å². The molecule has 1 saturated heterocycles. The summed E-state index contributed by atoms with van der Waals surface area (Å²) in [5.74, 6) is 0.207. The number of nitrogens with zero attached hydrogens (tertiary/aromatic N) is 1. The highest BCUT2D eigenvalue weighted by molar-refractivity contribution is 7.89. The van der Waals surface area contributed by atoms with Crippen molar-refractivity contribution < 1.29 is 13.2 Å². The lowest BCUT2D eigenvalue weighted by molar-refractivity contribution is 0.102. The van der Waals surface area contributed by atoms with Gasteiger partial charge in [-0.3, -0.25) is 4.79 Å². The predicted octanol–water partition coefficient (Wildman–Crippen LogP) is 3.92. The molecule has 2 N–H and O–H groups in total. The summed E-state index contributed by atoms with van der Waals surface area (Å²) < 4.78 is 27.9. The van der Waals surface area contributed by atoms with Gasteiger partial charge in [0, 0.05) is 24.5 Å². The van der Waals surface area contributed by atoms with Crippen LogP contribution in [0.2, 0.25) is 0 Å². The predicted molar refractivity (Wildman–Crippen MR) is 111 cm³/mol. The zero-order chi connectivity index (χ0) is 20.6. The molecule has 2 aromatic rings. The van der Waals surface area contributed by atoms with Gasteiger partial charge in [0.25, 0.3) is 5.91 Å². The molecule has 1 aromatic carbocycles. The molecule has 6 nitrogen and oxygen atoms in total. The monoisotopic (exact) mass is 403 g/mol. The maximum absolute atomic E-state index is 13.2. The van der Waals surface area contributed by atoms with Crippen LogP contribution in [0, 0.1) is 33.6 Å². The van der Waals surface area contributed by atoms with Crippen molar-refractivity contribution in [1.29, 1.82) is 0 Å². The van der Waals surface area contributed by atoms with E-state index in [2.05, 4.69) is 17.2 Å². The van der Waals surface area contributed by atoms with Gasteiger partial charge in [-0.2, -0.15) is 4.31 Å². The van der Waals surface area contributed by atoms with Gasteiger partial charge >= 0.3 is 0 Å². The molecular formula is C21H29N3O3S. The largest absolute Gasteiger partial charge is 0.353 e. The van der Waals surface area contributed by atoms with Crippen LogP contribution < -0.4 is 5.32 Å². The summed E-state index contributed by atoms with van der Waals surface area (Å²) in [6.45, 7) is 10.5. The van der Waals surface area contributed by atoms with E-state index in [1.165, 1.54) is 0 Å². The molecule has 28 heavy (non-hydrogen) atoms. The molecule has 0 radical (unpaired) electrons. The molecular weight excluding hydrogens is 374 g/mol. The number of anilines is 1. The average Bonchev–Trinajstić information content (AvgIpc) is 2.89. The number of carbonyl (C=O) groups is 1. The first-order valence-electron chi connectivity index (χ1n) is 9.68. The molecule has 0 spiro atoms. The van der Waals surface area contributed by atoms with Crippen molar-refractivity contribution in [3.05, 3.63) is 46.3 Å². The Hall–Kier alpha value is -2.12. The fraction of sp³-hybridized carbons (Fsp3) is 0.476. The summed E-state index contributed by atoms with van der Waals surface area (Å²) in [7, 11) is -3.62. The molecule has 0 unspecified atom stereocenters. The van der Waals surface area contributed by atoms with Gasteiger partial charge in [0.2, 0.25) is 10.0 Å². The molecule has 0 atom stereocenters. The van der Waals surface area contributed by atoms with E-state index in [9.17, 15) is 13.2 Å². The number of hydrogen-bond donors (Lipinski definition) is 2. The molecule has 152 valence electrons. The molecule has 1 aromatic heterocycles. The lowest BCUT2D eigenvalue weighted by Crippen LogP contribution is -2.38. The van der Waals surface area contributed by atoms with Crippen LogP contribution in [0.1, 0.15) is 52.6 Å². The van der Waals surface area contributed by atoms with Gasteiger partial charge in [-0.05, 0) is 75.3 Å². The third-order valence-electron chi connectivity index (χ3n) is 5.42. The Balaban J connectivity index is 1.90. The fourth-order valence-corrected chi connectivity index (χ4v) is 5.82. The smallest absolute Gasteiger partial charge is 0.272 e. The van der Waals surface area contributed by atoms with Crippen LogP contribution in [0.15, 0.2) is 23.1 Å². The highest BCUT2D eigenvalue weighted by Crippen LogP contribution is 2.30. The molecule has 1 fully saturated rings. The Morgan fingerprint density at radius 1 is 1.07 bits per heavy atom. The molecule has 7 heteroatoms. The number of benzene rings is 1. The van der Waals surface area contributed by atoms with Crippen LogP contribution in [0.5, 0.6) is 0 Å². The number of carbonyl (C=O) groups excluding carboxylic acids is 1. The molecule has 1 aliphatic rings. The quantitative estimate of drug-likeness (QED) is 0.812. The number of hydrogen-bond acceptors (Lipinski definition) is 3. The Kier molecular flexibility index (Phi) is 5.68. The number of amides is 1. The SMILES string of the molecule is Cc1cc(C)cc(NC(=O)c2[nH]c(C)c(S(=O)(=O)N3CCC(C)CC3)c2C)c1. The van der Waals surface area contributed by atoms with Crippen LogP contribution in [-0.4, -0.2) is 36.7 Å². The first kappa shape index (κ1) is 20.6. The van der Waals surface area contributed by atoms with Crippen molar-refractivity contribution in [2.75, 3.05) is 18.4 Å². The topological polar surface area (TPSA) is 82.3 Å². The zero-order valence-corrected chi connectivity index (χ0v) is 18.0. The Morgan fingerprint density at radius 2 is 1.64 bits per heavy atom.